The van der Waals surface area contributed by atoms with E-state index in [4.69, 9.17) is 4.74 Å². The number of hydrogen-bond acceptors (Lipinski definition) is 7. The van der Waals surface area contributed by atoms with Crippen LogP contribution in [-0.4, -0.2) is 36.7 Å². The van der Waals surface area contributed by atoms with Gasteiger partial charge in [0.2, 0.25) is 0 Å². The molecule has 0 unspecified atom stereocenters. The Balaban J connectivity index is 0.000000279. The molecule has 0 amide bonds. The summed E-state index contributed by atoms with van der Waals surface area (Å²) >= 11 is 7.36. The lowest BCUT2D eigenvalue weighted by Crippen LogP contribution is -2.14. The molecule has 0 saturated carbocycles. The average Bonchev–Trinajstić information content (AvgIpc) is 2.73. The zero-order valence-corrected chi connectivity index (χ0v) is 16.7. The van der Waals surface area contributed by atoms with Gasteiger partial charge in [0, 0.05) is 0 Å². The van der Waals surface area contributed by atoms with Gasteiger partial charge in [-0.15, -0.1) is 0 Å². The van der Waals surface area contributed by atoms with E-state index < -0.39 is 11.9 Å². The maximum Gasteiger partial charge on any atom is 0.315 e. The van der Waals surface area contributed by atoms with Crippen molar-refractivity contribution in [2.24, 2.45) is 0 Å². The molecule has 2 aromatic carbocycles. The van der Waals surface area contributed by atoms with Gasteiger partial charge in [-0.3, -0.25) is 9.59 Å². The molecule has 7 heteroatoms. The van der Waals surface area contributed by atoms with Crippen molar-refractivity contribution in [2.45, 2.75) is 13.2 Å². The molecular weight excluding hydrogens is 384 g/mol. The third-order valence-corrected chi connectivity index (χ3v) is 3.61. The predicted octanol–water partition coefficient (Wildman–Crippen LogP) is 3.34. The minimum atomic E-state index is -0.430. The molecule has 5 nitrogen and oxygen atoms in total. The van der Waals surface area contributed by atoms with Gasteiger partial charge in [-0.05, 0) is 11.1 Å². The maximum atomic E-state index is 10.5. The first-order valence-corrected chi connectivity index (χ1v) is 9.60. The first kappa shape index (κ1) is 23.1. The van der Waals surface area contributed by atoms with E-state index in [0.29, 0.717) is 13.2 Å². The minimum absolute atomic E-state index is 0.0283. The fourth-order valence-corrected chi connectivity index (χ4v) is 2.02. The SMILES string of the molecule is O=C(CS)OCCOC(=O)CS.c1ccc(COCc2ccccc2)cc1. The molecule has 0 N–H and O–H groups in total. The quantitative estimate of drug-likeness (QED) is 0.379. The second-order valence-corrected chi connectivity index (χ2v) is 5.85. The molecular formula is C20H24O5S2. The normalized spacial score (nSPS) is 9.70. The molecule has 2 aromatic rings. The highest BCUT2D eigenvalue weighted by molar-refractivity contribution is 7.81. The molecule has 2 rings (SSSR count). The fourth-order valence-electron chi connectivity index (χ4n) is 1.84. The Bertz CT molecular complexity index is 592. The van der Waals surface area contributed by atoms with Gasteiger partial charge in [0.25, 0.3) is 0 Å². The molecule has 0 saturated heterocycles. The largest absolute Gasteiger partial charge is 0.461 e. The lowest BCUT2D eigenvalue weighted by Gasteiger charge is -2.03. The van der Waals surface area contributed by atoms with E-state index in [1.165, 1.54) is 11.1 Å². The van der Waals surface area contributed by atoms with Crippen molar-refractivity contribution in [3.05, 3.63) is 71.8 Å². The van der Waals surface area contributed by atoms with Crippen LogP contribution >= 0.6 is 25.3 Å². The van der Waals surface area contributed by atoms with E-state index in [0.717, 1.165) is 0 Å². The summed E-state index contributed by atoms with van der Waals surface area (Å²) in [7, 11) is 0. The van der Waals surface area contributed by atoms with E-state index in [-0.39, 0.29) is 24.7 Å². The second kappa shape index (κ2) is 15.1. The van der Waals surface area contributed by atoms with Gasteiger partial charge < -0.3 is 14.2 Å². The number of esters is 2. The molecule has 0 spiro atoms. The monoisotopic (exact) mass is 408 g/mol. The molecule has 27 heavy (non-hydrogen) atoms. The Morgan fingerprint density at radius 2 is 1.04 bits per heavy atom. The number of ether oxygens (including phenoxy) is 3. The average molecular weight is 409 g/mol. The summed E-state index contributed by atoms with van der Waals surface area (Å²) < 4.78 is 14.7. The summed E-state index contributed by atoms with van der Waals surface area (Å²) in [5.74, 6) is -0.804. The van der Waals surface area contributed by atoms with Crippen molar-refractivity contribution in [2.75, 3.05) is 24.7 Å². The van der Waals surface area contributed by atoms with E-state index in [1.54, 1.807) is 0 Å². The van der Waals surface area contributed by atoms with Crippen LogP contribution in [0.15, 0.2) is 60.7 Å². The maximum absolute atomic E-state index is 10.5. The number of thiol groups is 2. The zero-order valence-electron chi connectivity index (χ0n) is 15.0. The zero-order chi connectivity index (χ0) is 19.7. The van der Waals surface area contributed by atoms with Crippen molar-refractivity contribution < 1.29 is 23.8 Å². The highest BCUT2D eigenvalue weighted by atomic mass is 32.1. The van der Waals surface area contributed by atoms with Crippen molar-refractivity contribution >= 4 is 37.2 Å². The molecule has 0 aliphatic heterocycles. The molecule has 0 radical (unpaired) electrons. The van der Waals surface area contributed by atoms with Gasteiger partial charge in [0.05, 0.1) is 24.7 Å². The van der Waals surface area contributed by atoms with Crippen LogP contribution < -0.4 is 0 Å². The number of carbonyl (C=O) groups is 2. The summed E-state index contributed by atoms with van der Waals surface area (Å²) in [4.78, 5) is 20.9. The Hall–Kier alpha value is -1.96. The molecule has 0 fully saturated rings. The van der Waals surface area contributed by atoms with Crippen LogP contribution in [-0.2, 0) is 37.0 Å². The highest BCUT2D eigenvalue weighted by Gasteiger charge is 2.00. The van der Waals surface area contributed by atoms with Crippen LogP contribution in [0.25, 0.3) is 0 Å². The Morgan fingerprint density at radius 1 is 0.667 bits per heavy atom. The minimum Gasteiger partial charge on any atom is -0.461 e. The molecule has 0 heterocycles. The Kier molecular flexibility index (Phi) is 12.9. The summed E-state index contributed by atoms with van der Waals surface area (Å²) in [6.07, 6.45) is 0. The summed E-state index contributed by atoms with van der Waals surface area (Å²) in [5.41, 5.74) is 2.43. The highest BCUT2D eigenvalue weighted by Crippen LogP contribution is 2.05. The van der Waals surface area contributed by atoms with Crippen LogP contribution in [0.4, 0.5) is 0 Å². The molecule has 0 aliphatic rings. The van der Waals surface area contributed by atoms with Crippen LogP contribution in [0, 0.1) is 0 Å². The van der Waals surface area contributed by atoms with E-state index in [1.807, 2.05) is 36.4 Å². The standard InChI is InChI=1S/C14H14O.C6H10O4S2/c1-3-7-13(8-4-1)11-15-12-14-9-5-2-6-10-14;7-5(3-11)9-1-2-10-6(8)4-12/h1-10H,11-12H2;11-12H,1-4H2. The Morgan fingerprint density at radius 3 is 1.37 bits per heavy atom. The lowest BCUT2D eigenvalue weighted by molar-refractivity contribution is -0.148. The van der Waals surface area contributed by atoms with E-state index >= 15 is 0 Å². The lowest BCUT2D eigenvalue weighted by atomic mass is 10.2. The number of hydrogen-bond donors (Lipinski definition) is 2. The van der Waals surface area contributed by atoms with Crippen LogP contribution in [0.1, 0.15) is 11.1 Å². The Labute approximate surface area is 170 Å². The van der Waals surface area contributed by atoms with Gasteiger partial charge in [-0.1, -0.05) is 60.7 Å². The van der Waals surface area contributed by atoms with Gasteiger partial charge >= 0.3 is 11.9 Å². The first-order valence-electron chi connectivity index (χ1n) is 8.34. The third-order valence-electron chi connectivity index (χ3n) is 3.09. The second-order valence-electron chi connectivity index (χ2n) is 5.22. The van der Waals surface area contributed by atoms with Crippen molar-refractivity contribution in [3.63, 3.8) is 0 Å². The fraction of sp³-hybridized carbons (Fsp3) is 0.300. The molecule has 0 bridgehead atoms. The smallest absolute Gasteiger partial charge is 0.315 e. The van der Waals surface area contributed by atoms with E-state index in [2.05, 4.69) is 59.0 Å². The molecule has 0 atom stereocenters. The van der Waals surface area contributed by atoms with Crippen LogP contribution in [0.2, 0.25) is 0 Å². The van der Waals surface area contributed by atoms with Gasteiger partial charge in [0.1, 0.15) is 13.2 Å². The van der Waals surface area contributed by atoms with Crippen molar-refractivity contribution in [3.8, 4) is 0 Å². The van der Waals surface area contributed by atoms with Gasteiger partial charge in [0.15, 0.2) is 0 Å². The first-order chi connectivity index (χ1) is 13.2. The van der Waals surface area contributed by atoms with Crippen LogP contribution in [0.5, 0.6) is 0 Å². The summed E-state index contributed by atoms with van der Waals surface area (Å²) in [5, 5.41) is 0. The molecule has 0 aromatic heterocycles. The van der Waals surface area contributed by atoms with Crippen LogP contribution in [0.3, 0.4) is 0 Å². The summed E-state index contributed by atoms with van der Waals surface area (Å²) in [6.45, 7) is 1.49. The number of benzene rings is 2. The summed E-state index contributed by atoms with van der Waals surface area (Å²) in [6, 6.07) is 20.4. The predicted molar refractivity (Wildman–Crippen MR) is 111 cm³/mol. The topological polar surface area (TPSA) is 61.8 Å². The number of carbonyl (C=O) groups excluding carboxylic acids is 2. The molecule has 146 valence electrons. The van der Waals surface area contributed by atoms with E-state index in [9.17, 15) is 9.59 Å². The number of rotatable bonds is 9. The van der Waals surface area contributed by atoms with Crippen molar-refractivity contribution in [1.29, 1.82) is 0 Å². The van der Waals surface area contributed by atoms with Gasteiger partial charge in [-0.25, -0.2) is 0 Å². The molecule has 0 aliphatic carbocycles. The van der Waals surface area contributed by atoms with Gasteiger partial charge in [-0.2, -0.15) is 25.3 Å². The van der Waals surface area contributed by atoms with Crippen molar-refractivity contribution in [1.82, 2.24) is 0 Å². The third kappa shape index (κ3) is 12.1.